The zero-order valence-corrected chi connectivity index (χ0v) is 12.1. The Bertz CT molecular complexity index is 795. The summed E-state index contributed by atoms with van der Waals surface area (Å²) in [4.78, 5) is 16.9. The largest absolute Gasteiger partial charge is 0.461 e. The number of fused-ring (bicyclic) bond motifs is 1. The molecule has 0 radical (unpaired) electrons. The molecule has 0 aliphatic carbocycles. The van der Waals surface area contributed by atoms with Crippen LogP contribution in [0.25, 0.3) is 16.6 Å². The third kappa shape index (κ3) is 2.37. The number of nitrogens with two attached hydrogens (primary N) is 1. The number of hydrogen-bond donors (Lipinski definition) is 1. The molecule has 0 bridgehead atoms. The average molecular weight is 284 g/mol. The van der Waals surface area contributed by atoms with Crippen LogP contribution in [0, 0.1) is 6.92 Å². The van der Waals surface area contributed by atoms with E-state index in [1.54, 1.807) is 29.3 Å². The first-order chi connectivity index (χ1) is 10.1. The van der Waals surface area contributed by atoms with Gasteiger partial charge in [0, 0.05) is 23.5 Å². The van der Waals surface area contributed by atoms with E-state index in [0.29, 0.717) is 12.0 Å². The molecule has 3 aromatic rings. The number of aromatic nitrogens is 5. The summed E-state index contributed by atoms with van der Waals surface area (Å²) in [6.07, 6.45) is 6.86. The molecule has 3 rings (SSSR count). The summed E-state index contributed by atoms with van der Waals surface area (Å²) < 4.78 is 7.23. The van der Waals surface area contributed by atoms with Gasteiger partial charge in [-0.2, -0.15) is 4.98 Å². The Hall–Kier alpha value is -2.70. The molecule has 0 aliphatic rings. The number of aryl methyl sites for hydroxylation is 1. The van der Waals surface area contributed by atoms with Gasteiger partial charge in [0.15, 0.2) is 0 Å². The highest BCUT2D eigenvalue weighted by molar-refractivity contribution is 5.80. The summed E-state index contributed by atoms with van der Waals surface area (Å²) in [5.41, 5.74) is 9.27. The van der Waals surface area contributed by atoms with E-state index in [1.807, 2.05) is 20.8 Å². The van der Waals surface area contributed by atoms with E-state index in [2.05, 4.69) is 19.9 Å². The summed E-state index contributed by atoms with van der Waals surface area (Å²) >= 11 is 0. The summed E-state index contributed by atoms with van der Waals surface area (Å²) in [6, 6.07) is 0.374. The van der Waals surface area contributed by atoms with Crippen molar-refractivity contribution in [1.82, 2.24) is 24.3 Å². The third-order valence-electron chi connectivity index (χ3n) is 3.08. The predicted molar refractivity (Wildman–Crippen MR) is 78.9 cm³/mol. The molecular formula is C14H16N6O. The lowest BCUT2D eigenvalue weighted by atomic mass is 10.1. The lowest BCUT2D eigenvalue weighted by Gasteiger charge is -2.11. The SMILES string of the molecule is Cc1nc(OC(C)C)ncc1-c1cnc(N)n2cncc12. The van der Waals surface area contributed by atoms with Crippen molar-refractivity contribution in [2.45, 2.75) is 26.9 Å². The van der Waals surface area contributed by atoms with Crippen molar-refractivity contribution in [2.24, 2.45) is 0 Å². The fraction of sp³-hybridized carbons (Fsp3) is 0.286. The highest BCUT2D eigenvalue weighted by atomic mass is 16.5. The van der Waals surface area contributed by atoms with Crippen LogP contribution >= 0.6 is 0 Å². The lowest BCUT2D eigenvalue weighted by molar-refractivity contribution is 0.221. The van der Waals surface area contributed by atoms with Gasteiger partial charge in [0.2, 0.25) is 5.95 Å². The van der Waals surface area contributed by atoms with Gasteiger partial charge in [0.1, 0.15) is 6.33 Å². The monoisotopic (exact) mass is 284 g/mol. The molecule has 0 saturated heterocycles. The van der Waals surface area contributed by atoms with Crippen LogP contribution in [0.1, 0.15) is 19.5 Å². The Morgan fingerprint density at radius 1 is 1.14 bits per heavy atom. The van der Waals surface area contributed by atoms with Crippen LogP contribution in [0.3, 0.4) is 0 Å². The van der Waals surface area contributed by atoms with Gasteiger partial charge in [-0.15, -0.1) is 0 Å². The molecule has 3 aromatic heterocycles. The molecule has 21 heavy (non-hydrogen) atoms. The topological polar surface area (TPSA) is 91.2 Å². The van der Waals surface area contributed by atoms with Crippen molar-refractivity contribution in [3.8, 4) is 17.1 Å². The molecule has 0 spiro atoms. The summed E-state index contributed by atoms with van der Waals surface area (Å²) in [7, 11) is 0. The average Bonchev–Trinajstić information content (AvgIpc) is 2.90. The molecule has 0 aliphatic heterocycles. The van der Waals surface area contributed by atoms with Crippen LogP contribution in [-0.4, -0.2) is 30.4 Å². The van der Waals surface area contributed by atoms with Gasteiger partial charge in [0.25, 0.3) is 0 Å². The van der Waals surface area contributed by atoms with Crippen LogP contribution in [0.2, 0.25) is 0 Å². The minimum atomic E-state index is 0.0370. The van der Waals surface area contributed by atoms with Crippen LogP contribution in [0.4, 0.5) is 5.95 Å². The number of nitrogens with zero attached hydrogens (tertiary/aromatic N) is 5. The number of anilines is 1. The second kappa shape index (κ2) is 5.01. The highest BCUT2D eigenvalue weighted by Crippen LogP contribution is 2.27. The van der Waals surface area contributed by atoms with Gasteiger partial charge in [0.05, 0.1) is 23.5 Å². The van der Waals surface area contributed by atoms with Crippen LogP contribution in [-0.2, 0) is 0 Å². The van der Waals surface area contributed by atoms with Crippen molar-refractivity contribution < 1.29 is 4.74 Å². The van der Waals surface area contributed by atoms with E-state index in [1.165, 1.54) is 0 Å². The maximum Gasteiger partial charge on any atom is 0.316 e. The second-order valence-corrected chi connectivity index (χ2v) is 5.00. The zero-order chi connectivity index (χ0) is 15.0. The van der Waals surface area contributed by atoms with Crippen LogP contribution in [0.5, 0.6) is 6.01 Å². The van der Waals surface area contributed by atoms with E-state index in [9.17, 15) is 0 Å². The minimum Gasteiger partial charge on any atom is -0.461 e. The highest BCUT2D eigenvalue weighted by Gasteiger charge is 2.13. The first-order valence-corrected chi connectivity index (χ1v) is 6.63. The molecule has 0 atom stereocenters. The Labute approximate surface area is 121 Å². The normalized spacial score (nSPS) is 11.2. The van der Waals surface area contributed by atoms with E-state index < -0.39 is 0 Å². The van der Waals surface area contributed by atoms with E-state index in [4.69, 9.17) is 10.5 Å². The molecule has 0 unspecified atom stereocenters. The zero-order valence-electron chi connectivity index (χ0n) is 12.1. The maximum absolute atomic E-state index is 5.83. The minimum absolute atomic E-state index is 0.0370. The van der Waals surface area contributed by atoms with E-state index >= 15 is 0 Å². The Morgan fingerprint density at radius 2 is 1.90 bits per heavy atom. The van der Waals surface area contributed by atoms with Gasteiger partial charge in [-0.1, -0.05) is 0 Å². The fourth-order valence-electron chi connectivity index (χ4n) is 2.12. The van der Waals surface area contributed by atoms with Gasteiger partial charge >= 0.3 is 6.01 Å². The standard InChI is InChI=1S/C14H16N6O/c1-8(2)21-14-18-4-10(9(3)19-14)11-5-17-13(15)20-7-16-6-12(11)20/h4-8H,1-3H3,(H2,15,17). The van der Waals surface area contributed by atoms with Crippen molar-refractivity contribution in [3.05, 3.63) is 30.6 Å². The molecule has 3 heterocycles. The van der Waals surface area contributed by atoms with Crippen molar-refractivity contribution in [1.29, 1.82) is 0 Å². The van der Waals surface area contributed by atoms with Crippen molar-refractivity contribution >= 4 is 11.5 Å². The molecule has 2 N–H and O–H groups in total. The van der Waals surface area contributed by atoms with Gasteiger partial charge in [-0.3, -0.25) is 4.40 Å². The third-order valence-corrected chi connectivity index (χ3v) is 3.08. The Kier molecular flexibility index (Phi) is 3.17. The van der Waals surface area contributed by atoms with E-state index in [-0.39, 0.29) is 6.10 Å². The quantitative estimate of drug-likeness (QED) is 0.789. The summed E-state index contributed by atoms with van der Waals surface area (Å²) in [5.74, 6) is 0.393. The molecule has 0 aromatic carbocycles. The number of imidazole rings is 1. The first kappa shape index (κ1) is 13.3. The van der Waals surface area contributed by atoms with Gasteiger partial charge in [-0.05, 0) is 20.8 Å². The van der Waals surface area contributed by atoms with Crippen LogP contribution < -0.4 is 10.5 Å². The van der Waals surface area contributed by atoms with Crippen molar-refractivity contribution in [2.75, 3.05) is 5.73 Å². The molecule has 7 nitrogen and oxygen atoms in total. The summed E-state index contributed by atoms with van der Waals surface area (Å²) in [6.45, 7) is 5.78. The van der Waals surface area contributed by atoms with E-state index in [0.717, 1.165) is 22.3 Å². The predicted octanol–water partition coefficient (Wildman–Crippen LogP) is 1.86. The second-order valence-electron chi connectivity index (χ2n) is 5.00. The summed E-state index contributed by atoms with van der Waals surface area (Å²) in [5, 5.41) is 0. The maximum atomic E-state index is 5.83. The molecule has 0 saturated carbocycles. The number of nitrogen functional groups attached to an aromatic ring is 1. The molecule has 0 amide bonds. The Balaban J connectivity index is 2.11. The smallest absolute Gasteiger partial charge is 0.316 e. The fourth-order valence-corrected chi connectivity index (χ4v) is 2.12. The van der Waals surface area contributed by atoms with Gasteiger partial charge < -0.3 is 10.5 Å². The van der Waals surface area contributed by atoms with Crippen LogP contribution in [0.15, 0.2) is 24.9 Å². The molecule has 0 fully saturated rings. The number of hydrogen-bond acceptors (Lipinski definition) is 6. The Morgan fingerprint density at radius 3 is 2.62 bits per heavy atom. The first-order valence-electron chi connectivity index (χ1n) is 6.63. The van der Waals surface area contributed by atoms with Gasteiger partial charge in [-0.25, -0.2) is 15.0 Å². The number of rotatable bonds is 3. The molecular weight excluding hydrogens is 268 g/mol. The molecule has 108 valence electrons. The van der Waals surface area contributed by atoms with Crippen molar-refractivity contribution in [3.63, 3.8) is 0 Å². The number of ether oxygens (including phenoxy) is 1. The molecule has 7 heteroatoms. The lowest BCUT2D eigenvalue weighted by Crippen LogP contribution is -2.09.